The molecule has 0 saturated carbocycles. The van der Waals surface area contributed by atoms with Crippen molar-refractivity contribution in [3.8, 4) is 0 Å². The van der Waals surface area contributed by atoms with Gasteiger partial charge < -0.3 is 19.9 Å². The van der Waals surface area contributed by atoms with Gasteiger partial charge in [0.15, 0.2) is 0 Å². The standard InChI is InChI=1S/C10H18O5.C6H5NO2.C2H7N/c1-9(2,3)14-7(11)13-8(12)15-10(4,5)6;8-7(9)6-4-2-1-3-5-6;1-2-3/h1-6H3;1-5H;2-3H2,1H3. The number of hydrogen-bond acceptors (Lipinski definition) is 8. The lowest BCUT2D eigenvalue weighted by atomic mass is 10.2. The molecule has 1 aromatic carbocycles. The van der Waals surface area contributed by atoms with Crippen molar-refractivity contribution in [3.63, 3.8) is 0 Å². The van der Waals surface area contributed by atoms with Crippen molar-refractivity contribution in [2.45, 2.75) is 59.7 Å². The molecule has 0 amide bonds. The molecule has 27 heavy (non-hydrogen) atoms. The molecule has 0 unspecified atom stereocenters. The van der Waals surface area contributed by atoms with Crippen LogP contribution in [0.5, 0.6) is 0 Å². The van der Waals surface area contributed by atoms with Crippen LogP contribution in [-0.4, -0.2) is 35.0 Å². The van der Waals surface area contributed by atoms with Crippen molar-refractivity contribution in [1.29, 1.82) is 0 Å². The number of rotatable bonds is 1. The van der Waals surface area contributed by atoms with Gasteiger partial charge in [-0.05, 0) is 48.1 Å². The fourth-order valence-electron chi connectivity index (χ4n) is 1.16. The third kappa shape index (κ3) is 19.5. The highest BCUT2D eigenvalue weighted by molar-refractivity contribution is 5.77. The van der Waals surface area contributed by atoms with Crippen LogP contribution in [-0.2, 0) is 14.2 Å². The molecule has 9 heteroatoms. The molecule has 1 rings (SSSR count). The van der Waals surface area contributed by atoms with E-state index in [1.165, 1.54) is 12.1 Å². The van der Waals surface area contributed by atoms with E-state index in [0.717, 1.165) is 6.54 Å². The van der Waals surface area contributed by atoms with Gasteiger partial charge >= 0.3 is 12.3 Å². The van der Waals surface area contributed by atoms with Crippen LogP contribution < -0.4 is 5.73 Å². The molecule has 0 fully saturated rings. The van der Waals surface area contributed by atoms with Gasteiger partial charge in [-0.2, -0.15) is 0 Å². The van der Waals surface area contributed by atoms with E-state index in [9.17, 15) is 19.7 Å². The van der Waals surface area contributed by atoms with Crippen molar-refractivity contribution >= 4 is 18.0 Å². The first-order valence-electron chi connectivity index (χ1n) is 8.25. The smallest absolute Gasteiger partial charge is 0.428 e. The maximum atomic E-state index is 11.0. The number of nitro groups is 1. The van der Waals surface area contributed by atoms with Gasteiger partial charge in [0.05, 0.1) is 4.92 Å². The van der Waals surface area contributed by atoms with E-state index in [-0.39, 0.29) is 5.69 Å². The lowest BCUT2D eigenvalue weighted by Gasteiger charge is -2.20. The van der Waals surface area contributed by atoms with Crippen molar-refractivity contribution in [1.82, 2.24) is 0 Å². The molecule has 0 radical (unpaired) electrons. The minimum absolute atomic E-state index is 0.137. The van der Waals surface area contributed by atoms with Gasteiger partial charge in [0, 0.05) is 12.1 Å². The zero-order valence-electron chi connectivity index (χ0n) is 17.0. The maximum Gasteiger partial charge on any atom is 0.519 e. The first kappa shape index (κ1) is 26.5. The van der Waals surface area contributed by atoms with E-state index in [4.69, 9.17) is 15.2 Å². The Morgan fingerprint density at radius 3 is 1.52 bits per heavy atom. The summed E-state index contributed by atoms with van der Waals surface area (Å²) in [5, 5.41) is 10.0. The lowest BCUT2D eigenvalue weighted by Crippen LogP contribution is -2.29. The van der Waals surface area contributed by atoms with E-state index < -0.39 is 28.4 Å². The fourth-order valence-corrected chi connectivity index (χ4v) is 1.16. The monoisotopic (exact) mass is 386 g/mol. The summed E-state index contributed by atoms with van der Waals surface area (Å²) in [5.41, 5.74) is 3.59. The molecule has 1 aromatic rings. The number of non-ortho nitro benzene ring substituents is 1. The van der Waals surface area contributed by atoms with E-state index >= 15 is 0 Å². The zero-order valence-corrected chi connectivity index (χ0v) is 17.0. The minimum Gasteiger partial charge on any atom is -0.428 e. The van der Waals surface area contributed by atoms with E-state index in [1.807, 2.05) is 6.92 Å². The first-order chi connectivity index (χ1) is 12.2. The average molecular weight is 386 g/mol. The molecule has 0 heterocycles. The van der Waals surface area contributed by atoms with Gasteiger partial charge in [0.25, 0.3) is 5.69 Å². The Kier molecular flexibility index (Phi) is 12.4. The van der Waals surface area contributed by atoms with Crippen LogP contribution in [0.2, 0.25) is 0 Å². The Balaban J connectivity index is 0. The number of benzene rings is 1. The molecule has 0 aliphatic rings. The molecule has 2 N–H and O–H groups in total. The van der Waals surface area contributed by atoms with Crippen molar-refractivity contribution in [3.05, 3.63) is 40.4 Å². The number of hydrogen-bond donors (Lipinski definition) is 1. The third-order valence-electron chi connectivity index (χ3n) is 1.91. The number of nitro benzene ring substituents is 1. The van der Waals surface area contributed by atoms with Crippen LogP contribution >= 0.6 is 0 Å². The Morgan fingerprint density at radius 2 is 1.30 bits per heavy atom. The van der Waals surface area contributed by atoms with Crippen molar-refractivity contribution in [2.75, 3.05) is 6.54 Å². The summed E-state index contributed by atoms with van der Waals surface area (Å²) in [5.74, 6) is 0. The molecule has 0 saturated heterocycles. The second-order valence-electron chi connectivity index (χ2n) is 7.03. The lowest BCUT2D eigenvalue weighted by molar-refractivity contribution is -0.384. The zero-order chi connectivity index (χ0) is 21.7. The minimum atomic E-state index is -1.06. The largest absolute Gasteiger partial charge is 0.519 e. The Bertz CT molecular complexity index is 550. The van der Waals surface area contributed by atoms with E-state index in [0.29, 0.717) is 0 Å². The highest BCUT2D eigenvalue weighted by Gasteiger charge is 2.24. The van der Waals surface area contributed by atoms with Gasteiger partial charge in [-0.3, -0.25) is 10.1 Å². The molecule has 0 bridgehead atoms. The number of ether oxygens (including phenoxy) is 3. The van der Waals surface area contributed by atoms with Crippen LogP contribution in [0.1, 0.15) is 48.5 Å². The molecule has 154 valence electrons. The summed E-state index contributed by atoms with van der Waals surface area (Å²) in [6.45, 7) is 12.7. The summed E-state index contributed by atoms with van der Waals surface area (Å²) in [7, 11) is 0. The number of nitrogens with two attached hydrogens (primary N) is 1. The van der Waals surface area contributed by atoms with Crippen LogP contribution in [0.4, 0.5) is 15.3 Å². The van der Waals surface area contributed by atoms with Crippen LogP contribution in [0.25, 0.3) is 0 Å². The quantitative estimate of drug-likeness (QED) is 0.324. The number of nitrogens with zero attached hydrogens (tertiary/aromatic N) is 1. The van der Waals surface area contributed by atoms with Gasteiger partial charge in [0.1, 0.15) is 11.2 Å². The molecule has 9 nitrogen and oxygen atoms in total. The Morgan fingerprint density at radius 1 is 0.963 bits per heavy atom. The van der Waals surface area contributed by atoms with E-state index in [1.54, 1.807) is 59.7 Å². The topological polar surface area (TPSA) is 131 Å². The van der Waals surface area contributed by atoms with Crippen LogP contribution in [0.3, 0.4) is 0 Å². The fraction of sp³-hybridized carbons (Fsp3) is 0.556. The van der Waals surface area contributed by atoms with Gasteiger partial charge in [0.2, 0.25) is 0 Å². The molecule has 0 atom stereocenters. The number of carbonyl (C=O) groups excluding carboxylic acids is 2. The number of carbonyl (C=O) groups is 2. The van der Waals surface area contributed by atoms with Crippen LogP contribution in [0.15, 0.2) is 30.3 Å². The predicted molar refractivity (Wildman–Crippen MR) is 101 cm³/mol. The maximum absolute atomic E-state index is 11.0. The normalized spacial score (nSPS) is 10.2. The van der Waals surface area contributed by atoms with Gasteiger partial charge in [-0.25, -0.2) is 9.59 Å². The molecule has 0 aliphatic carbocycles. The molecular weight excluding hydrogens is 356 g/mol. The molecule has 0 aromatic heterocycles. The average Bonchev–Trinajstić information content (AvgIpc) is 2.45. The second-order valence-corrected chi connectivity index (χ2v) is 7.03. The van der Waals surface area contributed by atoms with Crippen molar-refractivity contribution < 1.29 is 28.7 Å². The SMILES string of the molecule is CC(C)(C)OC(=O)OC(=O)OC(C)(C)C.CCN.O=[N+]([O-])c1ccccc1. The Hall–Kier alpha value is -2.68. The highest BCUT2D eigenvalue weighted by Crippen LogP contribution is 2.11. The summed E-state index contributed by atoms with van der Waals surface area (Å²) in [6, 6.07) is 7.93. The summed E-state index contributed by atoms with van der Waals surface area (Å²) in [4.78, 5) is 31.6. The van der Waals surface area contributed by atoms with Gasteiger partial charge in [-0.15, -0.1) is 0 Å². The summed E-state index contributed by atoms with van der Waals surface area (Å²) in [6.07, 6.45) is -2.12. The second kappa shape index (κ2) is 12.6. The van der Waals surface area contributed by atoms with Crippen molar-refractivity contribution in [2.24, 2.45) is 5.73 Å². The summed E-state index contributed by atoms with van der Waals surface area (Å²) < 4.78 is 13.8. The Labute approximate surface area is 159 Å². The van der Waals surface area contributed by atoms with E-state index in [2.05, 4.69) is 4.74 Å². The first-order valence-corrected chi connectivity index (χ1v) is 8.25. The van der Waals surface area contributed by atoms with Crippen LogP contribution in [0, 0.1) is 10.1 Å². The molecular formula is C18H30N2O7. The number of para-hydroxylation sites is 1. The highest BCUT2D eigenvalue weighted by atomic mass is 16.8. The predicted octanol–water partition coefficient (Wildman–Crippen LogP) is 4.43. The van der Waals surface area contributed by atoms with Gasteiger partial charge in [-0.1, -0.05) is 25.1 Å². The molecule has 0 spiro atoms. The summed E-state index contributed by atoms with van der Waals surface area (Å²) >= 11 is 0. The third-order valence-corrected chi connectivity index (χ3v) is 1.91. The molecule has 0 aliphatic heterocycles.